The van der Waals surface area contributed by atoms with Gasteiger partial charge in [0.05, 0.1) is 5.02 Å². The molecular weight excluding hydrogens is 360 g/mol. The maximum Gasteiger partial charge on any atom is 0.405 e. The van der Waals surface area contributed by atoms with Crippen molar-refractivity contribution in [2.24, 2.45) is 0 Å². The van der Waals surface area contributed by atoms with E-state index in [1.165, 1.54) is 5.32 Å². The Hall–Kier alpha value is -2.36. The number of rotatable bonds is 6. The molecule has 0 heterocycles. The number of alkyl halides is 3. The third kappa shape index (κ3) is 6.41. The number of carbonyl (C=O) groups is 3. The summed E-state index contributed by atoms with van der Waals surface area (Å²) in [5.41, 5.74) is -0.159. The molecule has 0 aliphatic rings. The molecular formula is C13H11ClF4N2O4. The molecule has 1 aromatic carbocycles. The number of hydrogen-bond acceptors (Lipinski definition) is 3. The van der Waals surface area contributed by atoms with E-state index in [-0.39, 0.29) is 10.6 Å². The van der Waals surface area contributed by atoms with Crippen molar-refractivity contribution in [3.63, 3.8) is 0 Å². The summed E-state index contributed by atoms with van der Waals surface area (Å²) in [7, 11) is 0. The molecule has 0 aliphatic carbocycles. The quantitative estimate of drug-likeness (QED) is 0.525. The van der Waals surface area contributed by atoms with Gasteiger partial charge < -0.3 is 15.7 Å². The van der Waals surface area contributed by atoms with Crippen LogP contribution in [0.5, 0.6) is 0 Å². The minimum Gasteiger partial charge on any atom is -0.479 e. The van der Waals surface area contributed by atoms with Crippen LogP contribution in [0.3, 0.4) is 0 Å². The van der Waals surface area contributed by atoms with Crippen LogP contribution < -0.4 is 10.6 Å². The van der Waals surface area contributed by atoms with Crippen LogP contribution in [0, 0.1) is 5.82 Å². The SMILES string of the molecule is O=C(CC(=O)NC(C(=O)O)c1ccc(Cl)c(F)c1)NCC(F)(F)F. The number of aliphatic carboxylic acids is 1. The fraction of sp³-hybridized carbons (Fsp3) is 0.308. The van der Waals surface area contributed by atoms with Crippen molar-refractivity contribution in [1.82, 2.24) is 10.6 Å². The summed E-state index contributed by atoms with van der Waals surface area (Å²) >= 11 is 5.46. The van der Waals surface area contributed by atoms with Gasteiger partial charge in [-0.15, -0.1) is 0 Å². The first-order valence-corrected chi connectivity index (χ1v) is 6.68. The zero-order valence-electron chi connectivity index (χ0n) is 11.8. The Morgan fingerprint density at radius 3 is 2.33 bits per heavy atom. The number of benzene rings is 1. The second-order valence-corrected chi connectivity index (χ2v) is 4.99. The molecule has 3 N–H and O–H groups in total. The highest BCUT2D eigenvalue weighted by molar-refractivity contribution is 6.30. The zero-order chi connectivity index (χ0) is 18.5. The number of halogens is 5. The van der Waals surface area contributed by atoms with Crippen molar-refractivity contribution in [2.75, 3.05) is 6.54 Å². The van der Waals surface area contributed by atoms with Gasteiger partial charge in [0.2, 0.25) is 11.8 Å². The van der Waals surface area contributed by atoms with E-state index in [1.807, 2.05) is 5.32 Å². The molecule has 132 valence electrons. The highest BCUT2D eigenvalue weighted by Gasteiger charge is 2.29. The Labute approximate surface area is 137 Å². The second kappa shape index (κ2) is 7.95. The lowest BCUT2D eigenvalue weighted by Crippen LogP contribution is -2.39. The van der Waals surface area contributed by atoms with Crippen LogP contribution in [0.2, 0.25) is 5.02 Å². The summed E-state index contributed by atoms with van der Waals surface area (Å²) in [6, 6.07) is 1.31. The summed E-state index contributed by atoms with van der Waals surface area (Å²) in [5, 5.41) is 12.2. The predicted molar refractivity (Wildman–Crippen MR) is 73.6 cm³/mol. The second-order valence-electron chi connectivity index (χ2n) is 4.58. The Morgan fingerprint density at radius 2 is 1.83 bits per heavy atom. The van der Waals surface area contributed by atoms with Crippen LogP contribution in [0.25, 0.3) is 0 Å². The summed E-state index contributed by atoms with van der Waals surface area (Å²) in [6.45, 7) is -1.62. The monoisotopic (exact) mass is 370 g/mol. The number of carboxylic acids is 1. The summed E-state index contributed by atoms with van der Waals surface area (Å²) < 4.78 is 49.1. The molecule has 1 atom stereocenters. The van der Waals surface area contributed by atoms with E-state index < -0.39 is 48.8 Å². The molecule has 6 nitrogen and oxygen atoms in total. The van der Waals surface area contributed by atoms with Gasteiger partial charge in [0.15, 0.2) is 6.04 Å². The predicted octanol–water partition coefficient (Wildman–Crippen LogP) is 1.79. The molecule has 24 heavy (non-hydrogen) atoms. The molecule has 11 heteroatoms. The lowest BCUT2D eigenvalue weighted by atomic mass is 10.1. The minimum absolute atomic E-state index is 0.159. The number of nitrogens with one attached hydrogen (secondary N) is 2. The maximum absolute atomic E-state index is 13.4. The van der Waals surface area contributed by atoms with E-state index in [2.05, 4.69) is 0 Å². The first kappa shape index (κ1) is 19.7. The molecule has 0 saturated heterocycles. The maximum atomic E-state index is 13.4. The summed E-state index contributed by atoms with van der Waals surface area (Å²) in [5.74, 6) is -4.85. The molecule has 0 fully saturated rings. The Balaban J connectivity index is 2.71. The van der Waals surface area contributed by atoms with Gasteiger partial charge in [-0.1, -0.05) is 17.7 Å². The van der Waals surface area contributed by atoms with E-state index >= 15 is 0 Å². The average molecular weight is 371 g/mol. The first-order chi connectivity index (χ1) is 11.0. The Bertz CT molecular complexity index is 651. The molecule has 0 aliphatic heterocycles. The molecule has 1 aromatic rings. The Morgan fingerprint density at radius 1 is 1.21 bits per heavy atom. The lowest BCUT2D eigenvalue weighted by Gasteiger charge is -2.15. The normalized spacial score (nSPS) is 12.4. The van der Waals surface area contributed by atoms with Gasteiger partial charge in [0.25, 0.3) is 0 Å². The van der Waals surface area contributed by atoms with E-state index in [4.69, 9.17) is 16.7 Å². The van der Waals surface area contributed by atoms with Crippen LogP contribution in [-0.4, -0.2) is 35.6 Å². The molecule has 1 rings (SSSR count). The van der Waals surface area contributed by atoms with Gasteiger partial charge in [-0.3, -0.25) is 9.59 Å². The van der Waals surface area contributed by atoms with Crippen molar-refractivity contribution in [3.8, 4) is 0 Å². The molecule has 2 amide bonds. The van der Waals surface area contributed by atoms with Crippen LogP contribution in [-0.2, 0) is 14.4 Å². The standard InChI is InChI=1S/C13H11ClF4N2O4/c14-7-2-1-6(3-8(7)15)11(12(23)24)20-10(22)4-9(21)19-5-13(16,17)18/h1-3,11H,4-5H2,(H,19,21)(H,20,22)(H,23,24). The minimum atomic E-state index is -4.64. The average Bonchev–Trinajstić information content (AvgIpc) is 2.44. The third-order valence-electron chi connectivity index (χ3n) is 2.64. The topological polar surface area (TPSA) is 95.5 Å². The fourth-order valence-corrected chi connectivity index (χ4v) is 1.72. The van der Waals surface area contributed by atoms with Crippen LogP contribution in [0.1, 0.15) is 18.0 Å². The van der Waals surface area contributed by atoms with Gasteiger partial charge in [0, 0.05) is 0 Å². The lowest BCUT2D eigenvalue weighted by molar-refractivity contribution is -0.144. The third-order valence-corrected chi connectivity index (χ3v) is 2.94. The van der Waals surface area contributed by atoms with E-state index in [9.17, 15) is 31.9 Å². The highest BCUT2D eigenvalue weighted by Crippen LogP contribution is 2.20. The van der Waals surface area contributed by atoms with Gasteiger partial charge >= 0.3 is 12.1 Å². The Kier molecular flexibility index (Phi) is 6.52. The number of carbonyl (C=O) groups excluding carboxylic acids is 2. The van der Waals surface area contributed by atoms with Crippen molar-refractivity contribution in [1.29, 1.82) is 0 Å². The van der Waals surface area contributed by atoms with E-state index in [1.54, 1.807) is 0 Å². The summed E-state index contributed by atoms with van der Waals surface area (Å²) in [4.78, 5) is 33.9. The zero-order valence-corrected chi connectivity index (χ0v) is 12.5. The molecule has 0 aromatic heterocycles. The van der Waals surface area contributed by atoms with Crippen LogP contribution in [0.15, 0.2) is 18.2 Å². The molecule has 1 unspecified atom stereocenters. The van der Waals surface area contributed by atoms with Gasteiger partial charge in [0.1, 0.15) is 18.8 Å². The molecule has 0 saturated carbocycles. The highest BCUT2D eigenvalue weighted by atomic mass is 35.5. The first-order valence-electron chi connectivity index (χ1n) is 6.30. The van der Waals surface area contributed by atoms with Crippen molar-refractivity contribution < 1.29 is 37.1 Å². The van der Waals surface area contributed by atoms with E-state index in [0.29, 0.717) is 0 Å². The summed E-state index contributed by atoms with van der Waals surface area (Å²) in [6.07, 6.45) is -5.66. The van der Waals surface area contributed by atoms with Crippen LogP contribution >= 0.6 is 11.6 Å². The molecule has 0 spiro atoms. The molecule has 0 radical (unpaired) electrons. The fourth-order valence-electron chi connectivity index (χ4n) is 1.60. The largest absolute Gasteiger partial charge is 0.479 e. The van der Waals surface area contributed by atoms with E-state index in [0.717, 1.165) is 18.2 Å². The van der Waals surface area contributed by atoms with Crippen molar-refractivity contribution in [3.05, 3.63) is 34.6 Å². The smallest absolute Gasteiger partial charge is 0.405 e. The number of amides is 2. The van der Waals surface area contributed by atoms with Gasteiger partial charge in [-0.05, 0) is 17.7 Å². The van der Waals surface area contributed by atoms with Crippen molar-refractivity contribution in [2.45, 2.75) is 18.6 Å². The van der Waals surface area contributed by atoms with Gasteiger partial charge in [-0.2, -0.15) is 13.2 Å². The molecule has 0 bridgehead atoms. The number of hydrogen-bond donors (Lipinski definition) is 3. The van der Waals surface area contributed by atoms with Crippen LogP contribution in [0.4, 0.5) is 17.6 Å². The van der Waals surface area contributed by atoms with Gasteiger partial charge in [-0.25, -0.2) is 9.18 Å². The number of carboxylic acid groups (broad SMARTS) is 1. The van der Waals surface area contributed by atoms with Crippen molar-refractivity contribution >= 4 is 29.4 Å².